The Morgan fingerprint density at radius 3 is 1.04 bits per heavy atom. The van der Waals surface area contributed by atoms with E-state index >= 15 is 0 Å². The number of rotatable bonds is 9. The summed E-state index contributed by atoms with van der Waals surface area (Å²) in [4.78, 5) is 54.4. The first-order valence-electron chi connectivity index (χ1n) is 16.7. The summed E-state index contributed by atoms with van der Waals surface area (Å²) in [7, 11) is 0. The summed E-state index contributed by atoms with van der Waals surface area (Å²) < 4.78 is 19.1. The van der Waals surface area contributed by atoms with Gasteiger partial charge in [0.05, 0.1) is 35.0 Å². The minimum atomic E-state index is -0.834. The third-order valence-electron chi connectivity index (χ3n) is 8.76. The van der Waals surface area contributed by atoms with Crippen LogP contribution in [0.2, 0.25) is 0 Å². The van der Waals surface area contributed by atoms with Gasteiger partial charge in [-0.05, 0) is 68.0 Å². The van der Waals surface area contributed by atoms with E-state index in [0.29, 0.717) is 47.2 Å². The molecule has 0 N–H and O–H groups in total. The van der Waals surface area contributed by atoms with Crippen LogP contribution in [-0.4, -0.2) is 32.9 Å². The van der Waals surface area contributed by atoms with E-state index in [1.807, 2.05) is 54.6 Å². The van der Waals surface area contributed by atoms with E-state index in [4.69, 9.17) is 14.2 Å². The second-order valence-electron chi connectivity index (χ2n) is 12.4. The Kier molecular flexibility index (Phi) is 13.5. The van der Waals surface area contributed by atoms with Gasteiger partial charge >= 0.3 is 38.0 Å². The Morgan fingerprint density at radius 1 is 0.509 bits per heavy atom. The Labute approximate surface area is 356 Å². The average Bonchev–Trinajstić information content (AvgIpc) is 3.20. The Morgan fingerprint density at radius 2 is 0.800 bits per heavy atom. The Hall–Kier alpha value is -4.39. The summed E-state index contributed by atoms with van der Waals surface area (Å²) in [5.74, 6) is -3.59. The molecule has 0 atom stereocenters. The fourth-order valence-electron chi connectivity index (χ4n) is 6.07. The smallest absolute Gasteiger partial charge is 0.473 e. The third kappa shape index (κ3) is 9.89. The van der Waals surface area contributed by atoms with Gasteiger partial charge in [-0.3, -0.25) is 14.4 Å². The molecular formula is C42H27Br3IrN3O6. The van der Waals surface area contributed by atoms with Crippen molar-refractivity contribution in [1.82, 2.24) is 15.0 Å². The second-order valence-corrected chi connectivity index (χ2v) is 14.9. The third-order valence-corrected chi connectivity index (χ3v) is 10.6. The summed E-state index contributed by atoms with van der Waals surface area (Å²) in [5.41, 5.74) is 4.24. The fourth-order valence-corrected chi connectivity index (χ4v) is 7.34. The molecule has 276 valence electrons. The van der Waals surface area contributed by atoms with Crippen LogP contribution in [-0.2, 0) is 34.5 Å². The molecule has 1 saturated carbocycles. The van der Waals surface area contributed by atoms with Crippen molar-refractivity contribution < 1.29 is 48.7 Å². The standard InChI is InChI=1S/C42H27Br3N3O6.Ir/c43-31-22-25(34-7-1-4-16-46-34)10-13-37(31)52-40(49)28-19-29(41(50)53-38-14-11-26(23-32(38)44)35-8-2-5-17-47-35)21-30(20-28)42(51)54-39-15-12-27(24-33(39)45)36-9-3-6-18-48-36;/h1-9,13-18,22-24,28-30H,19-21H2;/q-3;+3. The molecule has 1 aliphatic rings. The molecule has 55 heavy (non-hydrogen) atoms. The van der Waals surface area contributed by atoms with Gasteiger partial charge in [0.1, 0.15) is 0 Å². The number of carbonyl (C=O) groups excluding carboxylic acids is 3. The zero-order valence-corrected chi connectivity index (χ0v) is 35.7. The molecule has 9 nitrogen and oxygen atoms in total. The predicted octanol–water partition coefficient (Wildman–Crippen LogP) is 9.71. The molecule has 3 heterocycles. The van der Waals surface area contributed by atoms with E-state index in [-0.39, 0.29) is 56.6 Å². The second kappa shape index (κ2) is 18.5. The number of esters is 3. The van der Waals surface area contributed by atoms with Crippen LogP contribution in [0.5, 0.6) is 17.2 Å². The summed E-state index contributed by atoms with van der Waals surface area (Å²) in [6, 6.07) is 35.9. The molecule has 1 fully saturated rings. The summed E-state index contributed by atoms with van der Waals surface area (Å²) in [6.07, 6.45) is 5.33. The first kappa shape index (κ1) is 40.3. The van der Waals surface area contributed by atoms with Gasteiger partial charge in [-0.25, -0.2) is 0 Å². The molecule has 0 amide bonds. The zero-order valence-electron chi connectivity index (χ0n) is 28.5. The molecule has 0 radical (unpaired) electrons. The largest absolute Gasteiger partial charge is 3.00 e. The number of nitrogens with zero attached hydrogens (tertiary/aromatic N) is 3. The number of aromatic nitrogens is 3. The number of halogens is 3. The quantitative estimate of drug-likeness (QED) is 0.0793. The van der Waals surface area contributed by atoms with Gasteiger partial charge in [-0.15, -0.1) is 71.3 Å². The van der Waals surface area contributed by atoms with E-state index in [2.05, 4.69) is 80.9 Å². The van der Waals surface area contributed by atoms with Crippen LogP contribution in [0.15, 0.2) is 123 Å². The molecular weight excluding hydrogens is 1070 g/mol. The molecule has 0 unspecified atom stereocenters. The summed E-state index contributed by atoms with van der Waals surface area (Å²) in [6.45, 7) is 0. The topological polar surface area (TPSA) is 118 Å². The van der Waals surface area contributed by atoms with Gasteiger partial charge in [0, 0.05) is 18.6 Å². The van der Waals surface area contributed by atoms with Crippen molar-refractivity contribution in [2.75, 3.05) is 0 Å². The van der Waals surface area contributed by atoms with Crippen LogP contribution in [0.4, 0.5) is 0 Å². The fraction of sp³-hybridized carbons (Fsp3) is 0.143. The van der Waals surface area contributed by atoms with Crippen LogP contribution in [0.1, 0.15) is 19.3 Å². The van der Waals surface area contributed by atoms with Crippen LogP contribution < -0.4 is 14.2 Å². The van der Waals surface area contributed by atoms with Crippen molar-refractivity contribution in [3.8, 4) is 51.0 Å². The maximum absolute atomic E-state index is 13.8. The van der Waals surface area contributed by atoms with Crippen LogP contribution in [0, 0.1) is 36.0 Å². The van der Waals surface area contributed by atoms with Crippen molar-refractivity contribution in [2.24, 2.45) is 17.8 Å². The monoisotopic (exact) mass is 1100 g/mol. The minimum absolute atomic E-state index is 0. The van der Waals surface area contributed by atoms with Crippen molar-refractivity contribution in [2.45, 2.75) is 19.3 Å². The van der Waals surface area contributed by atoms with Crippen molar-refractivity contribution in [3.63, 3.8) is 0 Å². The number of pyridine rings is 3. The van der Waals surface area contributed by atoms with Gasteiger partial charge in [-0.1, -0.05) is 84.2 Å². The van der Waals surface area contributed by atoms with Crippen molar-refractivity contribution >= 4 is 65.7 Å². The van der Waals surface area contributed by atoms with Gasteiger partial charge in [0.2, 0.25) is 0 Å². The maximum atomic E-state index is 13.8. The zero-order chi connectivity index (χ0) is 37.6. The number of carbonyl (C=O) groups is 3. The Bertz CT molecular complexity index is 2050. The molecule has 0 spiro atoms. The van der Waals surface area contributed by atoms with Gasteiger partial charge < -0.3 is 29.2 Å². The number of benzene rings is 3. The molecule has 0 bridgehead atoms. The molecule has 0 aliphatic heterocycles. The van der Waals surface area contributed by atoms with E-state index in [0.717, 1.165) is 0 Å². The van der Waals surface area contributed by atoms with Gasteiger partial charge in [-0.2, -0.15) is 0 Å². The van der Waals surface area contributed by atoms with Crippen molar-refractivity contribution in [1.29, 1.82) is 0 Å². The summed E-state index contributed by atoms with van der Waals surface area (Å²) >= 11 is 10.5. The minimum Gasteiger partial charge on any atom is -0.473 e. The predicted molar refractivity (Wildman–Crippen MR) is 210 cm³/mol. The molecule has 13 heteroatoms. The molecule has 6 aromatic rings. The SMILES string of the molecule is O=C(Oc1c[c-]c(-c2ccccn2)cc1Br)C1CC(C(=O)Oc2c[c-]c(-c3ccccn3)cc2Br)CC(C(=O)Oc2c[c-]c(-c3ccccn3)cc2Br)C1.[Ir+3]. The average molecular weight is 1100 g/mol. The van der Waals surface area contributed by atoms with Crippen LogP contribution >= 0.6 is 47.8 Å². The molecule has 0 saturated heterocycles. The normalized spacial score (nSPS) is 16.3. The first-order chi connectivity index (χ1) is 26.2. The first-order valence-corrected chi connectivity index (χ1v) is 19.1. The van der Waals surface area contributed by atoms with E-state index in [9.17, 15) is 14.4 Å². The van der Waals surface area contributed by atoms with Crippen LogP contribution in [0.25, 0.3) is 33.8 Å². The number of hydrogen-bond donors (Lipinski definition) is 0. The maximum Gasteiger partial charge on any atom is 3.00 e. The van der Waals surface area contributed by atoms with Gasteiger partial charge in [0.15, 0.2) is 0 Å². The van der Waals surface area contributed by atoms with E-state index in [1.165, 1.54) is 0 Å². The van der Waals surface area contributed by atoms with E-state index < -0.39 is 35.7 Å². The van der Waals surface area contributed by atoms with Gasteiger partial charge in [0.25, 0.3) is 0 Å². The van der Waals surface area contributed by atoms with Crippen molar-refractivity contribution in [3.05, 3.63) is 141 Å². The number of ether oxygens (including phenoxy) is 3. The molecule has 3 aromatic heterocycles. The van der Waals surface area contributed by atoms with E-state index in [1.54, 1.807) is 55.0 Å². The number of hydrogen-bond acceptors (Lipinski definition) is 9. The Balaban J connectivity index is 0.00000514. The summed E-state index contributed by atoms with van der Waals surface area (Å²) in [5, 5.41) is 0. The van der Waals surface area contributed by atoms with Crippen LogP contribution in [0.3, 0.4) is 0 Å². The molecule has 1 aliphatic carbocycles. The molecule has 3 aromatic carbocycles. The molecule has 7 rings (SSSR count).